The fraction of sp³-hybridized carbons (Fsp3) is 0.333. The first kappa shape index (κ1) is 22.6. The number of benzene rings is 2. The van der Waals surface area contributed by atoms with E-state index in [0.29, 0.717) is 5.75 Å². The molecule has 0 atom stereocenters. The van der Waals surface area contributed by atoms with Gasteiger partial charge >= 0.3 is 0 Å². The van der Waals surface area contributed by atoms with Gasteiger partial charge in [-0.1, -0.05) is 36.4 Å². The van der Waals surface area contributed by atoms with Gasteiger partial charge in [-0.25, -0.2) is 9.37 Å². The summed E-state index contributed by atoms with van der Waals surface area (Å²) in [5.74, 6) is 2.35. The number of hydrogen-bond donors (Lipinski definition) is 1. The molecule has 0 amide bonds. The third-order valence-electron chi connectivity index (χ3n) is 6.19. The molecule has 0 aliphatic carbocycles. The molecular weight excluding hydrogens is 447 g/mol. The van der Waals surface area contributed by atoms with Crippen LogP contribution < -0.4 is 15.0 Å². The first-order chi connectivity index (χ1) is 16.7. The van der Waals surface area contributed by atoms with Crippen molar-refractivity contribution in [2.24, 2.45) is 0 Å². The second-order valence-corrected chi connectivity index (χ2v) is 9.88. The van der Waals surface area contributed by atoms with Gasteiger partial charge in [-0.05, 0) is 67.5 Å². The lowest BCUT2D eigenvalue weighted by Gasteiger charge is -2.16. The Kier molecular flexibility index (Phi) is 6.90. The number of aromatic nitrogens is 2. The van der Waals surface area contributed by atoms with E-state index in [-0.39, 0.29) is 0 Å². The van der Waals surface area contributed by atoms with Crippen LogP contribution in [0, 0.1) is 6.92 Å². The molecule has 176 valence electrons. The van der Waals surface area contributed by atoms with E-state index in [0.717, 1.165) is 65.6 Å². The topological polar surface area (TPSA) is 50.3 Å². The highest BCUT2D eigenvalue weighted by atomic mass is 32.1. The molecule has 0 radical (unpaired) electrons. The van der Waals surface area contributed by atoms with Crippen LogP contribution in [0.5, 0.6) is 5.75 Å². The maximum absolute atomic E-state index is 12.3. The summed E-state index contributed by atoms with van der Waals surface area (Å²) in [7, 11) is 0. The number of nitrogens with zero attached hydrogens (tertiary/aromatic N) is 3. The molecule has 3 heterocycles. The van der Waals surface area contributed by atoms with Gasteiger partial charge in [-0.3, -0.25) is 0 Å². The largest absolute Gasteiger partial charge is 0.463 e. The number of alkyl halides is 1. The van der Waals surface area contributed by atoms with Crippen LogP contribution >= 0.6 is 11.3 Å². The SMILES string of the molecule is Cc1cc2c(NCCCc3ccc(-c4ccc(OCF)cc4)cc3)nc(N3CCCC3)nc2s1. The molecule has 1 aliphatic rings. The predicted molar refractivity (Wildman–Crippen MR) is 139 cm³/mol. The second-order valence-electron chi connectivity index (χ2n) is 8.65. The molecule has 4 aromatic rings. The van der Waals surface area contributed by atoms with E-state index in [1.807, 2.05) is 12.1 Å². The maximum Gasteiger partial charge on any atom is 0.228 e. The van der Waals surface area contributed by atoms with Gasteiger partial charge in [0.1, 0.15) is 16.4 Å². The first-order valence-corrected chi connectivity index (χ1v) is 12.7. The fourth-order valence-corrected chi connectivity index (χ4v) is 5.27. The molecule has 0 unspecified atom stereocenters. The van der Waals surface area contributed by atoms with Gasteiger partial charge < -0.3 is 15.0 Å². The predicted octanol–water partition coefficient (Wildman–Crippen LogP) is 6.62. The number of thiophene rings is 1. The van der Waals surface area contributed by atoms with Crippen LogP contribution in [0.3, 0.4) is 0 Å². The molecule has 5 rings (SSSR count). The first-order valence-electron chi connectivity index (χ1n) is 11.8. The molecule has 34 heavy (non-hydrogen) atoms. The third-order valence-corrected chi connectivity index (χ3v) is 7.13. The summed E-state index contributed by atoms with van der Waals surface area (Å²) in [5, 5.41) is 4.70. The Morgan fingerprint density at radius 1 is 1.00 bits per heavy atom. The van der Waals surface area contributed by atoms with E-state index < -0.39 is 6.86 Å². The number of anilines is 2. The van der Waals surface area contributed by atoms with E-state index in [4.69, 9.17) is 14.7 Å². The molecule has 1 saturated heterocycles. The zero-order valence-corrected chi connectivity index (χ0v) is 20.2. The van der Waals surface area contributed by atoms with E-state index in [9.17, 15) is 4.39 Å². The number of halogens is 1. The van der Waals surface area contributed by atoms with Gasteiger partial charge in [0, 0.05) is 24.5 Å². The minimum atomic E-state index is -0.808. The molecule has 0 bridgehead atoms. The highest BCUT2D eigenvalue weighted by Gasteiger charge is 2.18. The lowest BCUT2D eigenvalue weighted by molar-refractivity contribution is 0.192. The summed E-state index contributed by atoms with van der Waals surface area (Å²) < 4.78 is 17.2. The summed E-state index contributed by atoms with van der Waals surface area (Å²) in [5.41, 5.74) is 3.53. The molecule has 1 aliphatic heterocycles. The quantitative estimate of drug-likeness (QED) is 0.275. The van der Waals surface area contributed by atoms with Gasteiger partial charge in [0.25, 0.3) is 0 Å². The molecule has 0 saturated carbocycles. The van der Waals surface area contributed by atoms with E-state index in [1.165, 1.54) is 23.3 Å². The van der Waals surface area contributed by atoms with Crippen LogP contribution in [-0.4, -0.2) is 36.5 Å². The molecule has 5 nitrogen and oxygen atoms in total. The average Bonchev–Trinajstić information content (AvgIpc) is 3.52. The van der Waals surface area contributed by atoms with Crippen molar-refractivity contribution in [3.8, 4) is 16.9 Å². The third kappa shape index (κ3) is 5.14. The molecule has 7 heteroatoms. The summed E-state index contributed by atoms with van der Waals surface area (Å²) in [6, 6.07) is 18.3. The van der Waals surface area contributed by atoms with Crippen molar-refractivity contribution in [2.45, 2.75) is 32.6 Å². The lowest BCUT2D eigenvalue weighted by Crippen LogP contribution is -2.21. The zero-order chi connectivity index (χ0) is 23.3. The lowest BCUT2D eigenvalue weighted by atomic mass is 10.0. The molecule has 2 aromatic heterocycles. The van der Waals surface area contributed by atoms with Crippen molar-refractivity contribution in [3.63, 3.8) is 0 Å². The average molecular weight is 477 g/mol. The van der Waals surface area contributed by atoms with Crippen molar-refractivity contribution < 1.29 is 9.13 Å². The number of rotatable bonds is 9. The van der Waals surface area contributed by atoms with E-state index in [2.05, 4.69) is 47.5 Å². The Bertz CT molecular complexity index is 1230. The summed E-state index contributed by atoms with van der Waals surface area (Å²) in [6.45, 7) is 4.26. The Labute approximate surface area is 203 Å². The van der Waals surface area contributed by atoms with Crippen molar-refractivity contribution in [2.75, 3.05) is 36.7 Å². The summed E-state index contributed by atoms with van der Waals surface area (Å²) in [6.07, 6.45) is 4.44. The molecule has 0 spiro atoms. The standard InChI is InChI=1S/C27H29FN4OS/c1-19-17-24-25(30-27(31-26(24)34-19)32-15-2-3-16-32)29-14-4-5-20-6-8-21(9-7-20)22-10-12-23(13-11-22)33-18-28/h6-13,17H,2-5,14-16,18H2,1H3,(H,29,30,31). The van der Waals surface area contributed by atoms with Crippen molar-refractivity contribution in [1.82, 2.24) is 9.97 Å². The van der Waals surface area contributed by atoms with Crippen LogP contribution in [0.2, 0.25) is 0 Å². The highest BCUT2D eigenvalue weighted by molar-refractivity contribution is 7.18. The second kappa shape index (κ2) is 10.4. The molecule has 1 fully saturated rings. The van der Waals surface area contributed by atoms with Crippen molar-refractivity contribution in [3.05, 3.63) is 65.0 Å². The van der Waals surface area contributed by atoms with Crippen LogP contribution in [0.4, 0.5) is 16.2 Å². The fourth-order valence-electron chi connectivity index (χ4n) is 4.39. The minimum Gasteiger partial charge on any atom is -0.463 e. The number of hydrogen-bond acceptors (Lipinski definition) is 6. The van der Waals surface area contributed by atoms with Crippen LogP contribution in [-0.2, 0) is 6.42 Å². The number of fused-ring (bicyclic) bond motifs is 1. The highest BCUT2D eigenvalue weighted by Crippen LogP contribution is 2.31. The molecular formula is C27H29FN4OS. The Morgan fingerprint density at radius 3 is 2.41 bits per heavy atom. The normalized spacial score (nSPS) is 13.5. The monoisotopic (exact) mass is 476 g/mol. The summed E-state index contributed by atoms with van der Waals surface area (Å²) in [4.78, 5) is 14.3. The van der Waals surface area contributed by atoms with Crippen LogP contribution in [0.15, 0.2) is 54.6 Å². The van der Waals surface area contributed by atoms with Gasteiger partial charge in [0.15, 0.2) is 0 Å². The van der Waals surface area contributed by atoms with Gasteiger partial charge in [-0.15, -0.1) is 11.3 Å². The Morgan fingerprint density at radius 2 is 1.71 bits per heavy atom. The zero-order valence-electron chi connectivity index (χ0n) is 19.4. The van der Waals surface area contributed by atoms with Gasteiger partial charge in [0.2, 0.25) is 12.8 Å². The Hall–Kier alpha value is -3.19. The number of aryl methyl sites for hydroxylation is 2. The Balaban J connectivity index is 1.19. The van der Waals surface area contributed by atoms with Crippen molar-refractivity contribution in [1.29, 1.82) is 0 Å². The van der Waals surface area contributed by atoms with Crippen LogP contribution in [0.25, 0.3) is 21.3 Å². The maximum atomic E-state index is 12.3. The summed E-state index contributed by atoms with van der Waals surface area (Å²) >= 11 is 1.74. The van der Waals surface area contributed by atoms with E-state index in [1.54, 1.807) is 23.5 Å². The van der Waals surface area contributed by atoms with E-state index >= 15 is 0 Å². The number of nitrogens with one attached hydrogen (secondary N) is 1. The molecule has 2 aromatic carbocycles. The van der Waals surface area contributed by atoms with Crippen molar-refractivity contribution >= 4 is 33.3 Å². The number of ether oxygens (including phenoxy) is 1. The van der Waals surface area contributed by atoms with Gasteiger partial charge in [-0.2, -0.15) is 4.98 Å². The molecule has 1 N–H and O–H groups in total. The van der Waals surface area contributed by atoms with Gasteiger partial charge in [0.05, 0.1) is 5.39 Å². The smallest absolute Gasteiger partial charge is 0.228 e. The van der Waals surface area contributed by atoms with Crippen LogP contribution in [0.1, 0.15) is 29.7 Å². The minimum absolute atomic E-state index is 0.543.